The molecule has 0 fully saturated rings. The van der Waals surface area contributed by atoms with Crippen LogP contribution in [0.1, 0.15) is 41.0 Å². The maximum Gasteiger partial charge on any atom is 0.205 e. The van der Waals surface area contributed by atoms with E-state index in [4.69, 9.17) is 0 Å². The van der Waals surface area contributed by atoms with Gasteiger partial charge in [-0.15, -0.1) is 0 Å². The zero-order chi connectivity index (χ0) is 11.4. The van der Waals surface area contributed by atoms with Crippen LogP contribution in [0.2, 0.25) is 0 Å². The van der Waals surface area contributed by atoms with Crippen LogP contribution in [0, 0.1) is 16.7 Å². The Bertz CT molecular complexity index is 244. The highest BCUT2D eigenvalue weighted by molar-refractivity contribution is 5.62. The fraction of sp³-hybridized carbons (Fsp3) is 0.750. The minimum absolute atomic E-state index is 0.0527. The van der Waals surface area contributed by atoms with Crippen molar-refractivity contribution in [1.29, 1.82) is 0 Å². The SMILES string of the molecule is CC(C=C=O)C(C)([C]=O)CC(C)(C)C. The van der Waals surface area contributed by atoms with Gasteiger partial charge < -0.3 is 0 Å². The van der Waals surface area contributed by atoms with Gasteiger partial charge >= 0.3 is 0 Å². The van der Waals surface area contributed by atoms with Crippen LogP contribution in [-0.2, 0) is 9.59 Å². The third-order valence-corrected chi connectivity index (χ3v) is 2.45. The zero-order valence-corrected chi connectivity index (χ0v) is 9.68. The standard InChI is InChI=1S/C12H19O2/c1-10(6-7-13)12(5,9-14)8-11(2,3)4/h6,10H,8H2,1-5H3. The van der Waals surface area contributed by atoms with E-state index in [-0.39, 0.29) is 11.3 Å². The molecule has 2 unspecified atom stereocenters. The molecule has 0 N–H and O–H groups in total. The predicted molar refractivity (Wildman–Crippen MR) is 57.3 cm³/mol. The van der Waals surface area contributed by atoms with Crippen molar-refractivity contribution in [1.82, 2.24) is 0 Å². The van der Waals surface area contributed by atoms with E-state index in [9.17, 15) is 9.59 Å². The third kappa shape index (κ3) is 3.89. The molecule has 1 radical (unpaired) electrons. The number of hydrogen-bond acceptors (Lipinski definition) is 2. The van der Waals surface area contributed by atoms with Gasteiger partial charge in [0.15, 0.2) is 0 Å². The molecular weight excluding hydrogens is 176 g/mol. The van der Waals surface area contributed by atoms with Crippen LogP contribution in [0.3, 0.4) is 0 Å². The largest absolute Gasteiger partial charge is 0.290 e. The quantitative estimate of drug-likeness (QED) is 0.646. The average Bonchev–Trinajstić information content (AvgIpc) is 2.01. The maximum atomic E-state index is 10.9. The highest BCUT2D eigenvalue weighted by Crippen LogP contribution is 2.37. The van der Waals surface area contributed by atoms with Gasteiger partial charge in [0.05, 0.1) is 0 Å². The molecule has 0 aliphatic carbocycles. The number of carbonyl (C=O) groups excluding carboxylic acids is 2. The molecule has 0 aromatic heterocycles. The number of hydrogen-bond donors (Lipinski definition) is 0. The van der Waals surface area contributed by atoms with Crippen molar-refractivity contribution in [3.8, 4) is 0 Å². The Hall–Kier alpha value is -0.880. The van der Waals surface area contributed by atoms with Crippen molar-refractivity contribution in [3.05, 3.63) is 6.08 Å². The van der Waals surface area contributed by atoms with Crippen LogP contribution in [0.5, 0.6) is 0 Å². The molecule has 0 aliphatic heterocycles. The summed E-state index contributed by atoms with van der Waals surface area (Å²) in [6.45, 7) is 9.89. The van der Waals surface area contributed by atoms with E-state index in [1.165, 1.54) is 6.08 Å². The van der Waals surface area contributed by atoms with Crippen molar-refractivity contribution in [2.45, 2.75) is 41.0 Å². The van der Waals surface area contributed by atoms with E-state index in [1.807, 2.05) is 13.8 Å². The van der Waals surface area contributed by atoms with Crippen LogP contribution in [0.15, 0.2) is 6.08 Å². The Kier molecular flexibility index (Phi) is 4.28. The van der Waals surface area contributed by atoms with Crippen LogP contribution in [0.4, 0.5) is 0 Å². The third-order valence-electron chi connectivity index (χ3n) is 2.45. The van der Waals surface area contributed by atoms with Gasteiger partial charge in [-0.3, -0.25) is 4.79 Å². The van der Waals surface area contributed by atoms with Crippen molar-refractivity contribution in [2.75, 3.05) is 0 Å². The molecule has 14 heavy (non-hydrogen) atoms. The highest BCUT2D eigenvalue weighted by Gasteiger charge is 2.35. The van der Waals surface area contributed by atoms with Gasteiger partial charge in [0, 0.05) is 11.5 Å². The van der Waals surface area contributed by atoms with E-state index in [0.717, 1.165) is 0 Å². The minimum atomic E-state index is -0.588. The molecule has 0 amide bonds. The fourth-order valence-corrected chi connectivity index (χ4v) is 1.68. The zero-order valence-electron chi connectivity index (χ0n) is 9.68. The average molecular weight is 195 g/mol. The molecule has 2 heteroatoms. The van der Waals surface area contributed by atoms with Crippen LogP contribution >= 0.6 is 0 Å². The molecule has 0 saturated heterocycles. The number of allylic oxidation sites excluding steroid dienone is 1. The van der Waals surface area contributed by atoms with Gasteiger partial charge in [0.2, 0.25) is 6.29 Å². The van der Waals surface area contributed by atoms with Gasteiger partial charge in [-0.05, 0) is 17.8 Å². The second-order valence-electron chi connectivity index (χ2n) is 5.33. The van der Waals surface area contributed by atoms with E-state index in [0.29, 0.717) is 6.42 Å². The first-order valence-electron chi connectivity index (χ1n) is 4.85. The maximum absolute atomic E-state index is 10.9. The van der Waals surface area contributed by atoms with Crippen molar-refractivity contribution in [3.63, 3.8) is 0 Å². The summed E-state index contributed by atoms with van der Waals surface area (Å²) in [5.74, 6) is 1.63. The molecule has 0 aromatic carbocycles. The number of rotatable bonds is 4. The molecule has 0 saturated carbocycles. The van der Waals surface area contributed by atoms with E-state index >= 15 is 0 Å². The second-order valence-corrected chi connectivity index (χ2v) is 5.33. The molecular formula is C12H19O2. The molecule has 0 aromatic rings. The minimum Gasteiger partial charge on any atom is -0.290 e. The molecule has 2 atom stereocenters. The summed E-state index contributed by atoms with van der Waals surface area (Å²) < 4.78 is 0. The summed E-state index contributed by atoms with van der Waals surface area (Å²) in [5, 5.41) is 0. The smallest absolute Gasteiger partial charge is 0.205 e. The predicted octanol–water partition coefficient (Wildman–Crippen LogP) is 2.56. The molecule has 0 aliphatic rings. The molecule has 79 valence electrons. The lowest BCUT2D eigenvalue weighted by Crippen LogP contribution is -2.31. The first-order chi connectivity index (χ1) is 6.25. The normalized spacial score (nSPS) is 17.8. The van der Waals surface area contributed by atoms with Crippen LogP contribution in [-0.4, -0.2) is 12.2 Å². The first-order valence-corrected chi connectivity index (χ1v) is 4.85. The Balaban J connectivity index is 4.79. The van der Waals surface area contributed by atoms with Gasteiger partial charge in [-0.2, -0.15) is 0 Å². The highest BCUT2D eigenvalue weighted by atomic mass is 16.1. The summed E-state index contributed by atoms with van der Waals surface area (Å²) in [6.07, 6.45) is 4.17. The summed E-state index contributed by atoms with van der Waals surface area (Å²) in [7, 11) is 0. The summed E-state index contributed by atoms with van der Waals surface area (Å²) >= 11 is 0. The van der Waals surface area contributed by atoms with E-state index < -0.39 is 5.41 Å². The summed E-state index contributed by atoms with van der Waals surface area (Å²) in [5.41, 5.74) is -0.535. The van der Waals surface area contributed by atoms with Crippen LogP contribution < -0.4 is 0 Å². The Morgan fingerprint density at radius 3 is 2.00 bits per heavy atom. The fourth-order valence-electron chi connectivity index (χ4n) is 1.68. The van der Waals surface area contributed by atoms with Crippen molar-refractivity contribution in [2.24, 2.45) is 16.7 Å². The van der Waals surface area contributed by atoms with Gasteiger partial charge in [0.1, 0.15) is 5.94 Å². The molecule has 0 heterocycles. The lowest BCUT2D eigenvalue weighted by molar-refractivity contribution is 0.213. The lowest BCUT2D eigenvalue weighted by atomic mass is 9.69. The first kappa shape index (κ1) is 13.1. The Morgan fingerprint density at radius 1 is 1.21 bits per heavy atom. The van der Waals surface area contributed by atoms with Gasteiger partial charge in [-0.25, -0.2) is 4.79 Å². The topological polar surface area (TPSA) is 34.1 Å². The summed E-state index contributed by atoms with van der Waals surface area (Å²) in [6, 6.07) is 0. The van der Waals surface area contributed by atoms with E-state index in [2.05, 4.69) is 27.1 Å². The van der Waals surface area contributed by atoms with Crippen molar-refractivity contribution < 1.29 is 9.59 Å². The monoisotopic (exact) mass is 195 g/mol. The van der Waals surface area contributed by atoms with Gasteiger partial charge in [0.25, 0.3) is 0 Å². The molecule has 0 spiro atoms. The molecule has 0 rings (SSSR count). The van der Waals surface area contributed by atoms with E-state index in [1.54, 1.807) is 5.94 Å². The van der Waals surface area contributed by atoms with Crippen molar-refractivity contribution >= 4 is 12.2 Å². The Labute approximate surface area is 86.4 Å². The van der Waals surface area contributed by atoms with Gasteiger partial charge in [-0.1, -0.05) is 34.6 Å². The lowest BCUT2D eigenvalue weighted by Gasteiger charge is -2.33. The molecule has 2 nitrogen and oxygen atoms in total. The van der Waals surface area contributed by atoms with Crippen LogP contribution in [0.25, 0.3) is 0 Å². The Morgan fingerprint density at radius 2 is 1.71 bits per heavy atom. The summed E-state index contributed by atoms with van der Waals surface area (Å²) in [4.78, 5) is 21.2. The molecule has 0 bridgehead atoms. The second kappa shape index (κ2) is 4.56.